The van der Waals surface area contributed by atoms with Crippen molar-refractivity contribution >= 4 is 10.1 Å². The van der Waals surface area contributed by atoms with Crippen molar-refractivity contribution in [3.63, 3.8) is 0 Å². The highest BCUT2D eigenvalue weighted by Crippen LogP contribution is 2.08. The number of hydrogen-bond donors (Lipinski definition) is 5. The zero-order valence-electron chi connectivity index (χ0n) is 17.0. The molecular formula is C17H32N3O9S+. The van der Waals surface area contributed by atoms with Gasteiger partial charge in [0.15, 0.2) is 0 Å². The van der Waals surface area contributed by atoms with E-state index in [2.05, 4.69) is 0 Å². The first kappa shape index (κ1) is 30.4. The van der Waals surface area contributed by atoms with E-state index in [9.17, 15) is 8.42 Å². The van der Waals surface area contributed by atoms with E-state index in [1.165, 1.54) is 12.1 Å². The number of hydrogen-bond acceptors (Lipinski definition) is 10. The van der Waals surface area contributed by atoms with Crippen LogP contribution >= 0.6 is 0 Å². The maximum atomic E-state index is 10.5. The second-order valence-electron chi connectivity index (χ2n) is 5.30. The smallest absolute Gasteiger partial charge is 0.294 e. The van der Waals surface area contributed by atoms with Gasteiger partial charge >= 0.3 is 0 Å². The summed E-state index contributed by atoms with van der Waals surface area (Å²) in [5.41, 5.74) is 12.0. The van der Waals surface area contributed by atoms with Gasteiger partial charge in [-0.3, -0.25) is 4.55 Å². The van der Waals surface area contributed by atoms with Crippen LogP contribution in [0.5, 0.6) is 0 Å². The lowest BCUT2D eigenvalue weighted by atomic mass is 10.2. The first-order chi connectivity index (χ1) is 14.3. The van der Waals surface area contributed by atoms with Crippen LogP contribution in [-0.2, 0) is 29.1 Å². The molecule has 0 aliphatic heterocycles. The molecule has 13 heteroatoms. The van der Waals surface area contributed by atoms with Crippen LogP contribution in [0.25, 0.3) is 0 Å². The van der Waals surface area contributed by atoms with Gasteiger partial charge in [0.25, 0.3) is 10.1 Å². The fourth-order valence-corrected chi connectivity index (χ4v) is 2.08. The Labute approximate surface area is 176 Å². The van der Waals surface area contributed by atoms with Gasteiger partial charge in [-0.05, 0) is 19.1 Å². The monoisotopic (exact) mass is 454 g/mol. The Balaban J connectivity index is 0. The van der Waals surface area contributed by atoms with Crippen molar-refractivity contribution in [1.82, 2.24) is 4.91 Å². The highest BCUT2D eigenvalue weighted by atomic mass is 32.2. The maximum absolute atomic E-state index is 10.5. The van der Waals surface area contributed by atoms with Crippen molar-refractivity contribution in [2.75, 3.05) is 66.1 Å². The Bertz CT molecular complexity index is 622. The van der Waals surface area contributed by atoms with E-state index in [4.69, 9.17) is 44.8 Å². The number of ether oxygens (including phenoxy) is 4. The average Bonchev–Trinajstić information content (AvgIpc) is 2.70. The van der Waals surface area contributed by atoms with E-state index < -0.39 is 10.1 Å². The third-order valence-corrected chi connectivity index (χ3v) is 3.77. The largest absolute Gasteiger partial charge is 0.394 e. The molecule has 0 unspecified atom stereocenters. The minimum absolute atomic E-state index is 0.0386. The molecule has 0 fully saturated rings. The summed E-state index contributed by atoms with van der Waals surface area (Å²) >= 11 is 0. The number of aliphatic hydroxyl groups excluding tert-OH is 2. The molecular weight excluding hydrogens is 422 g/mol. The minimum Gasteiger partial charge on any atom is -0.394 e. The van der Waals surface area contributed by atoms with Gasteiger partial charge in [0.2, 0.25) is 4.91 Å². The zero-order valence-corrected chi connectivity index (χ0v) is 17.8. The van der Waals surface area contributed by atoms with Gasteiger partial charge in [-0.2, -0.15) is 8.42 Å². The Kier molecular flexibility index (Phi) is 22.2. The lowest BCUT2D eigenvalue weighted by molar-refractivity contribution is -0.00856. The molecule has 30 heavy (non-hydrogen) atoms. The van der Waals surface area contributed by atoms with Gasteiger partial charge in [0, 0.05) is 0 Å². The molecule has 0 heterocycles. The first-order valence-corrected chi connectivity index (χ1v) is 10.4. The SMILES string of the molecule is Cc1ccc(S(=O)(=O)O)cc1.N=[N+]=N.OCCOCCOCCOCCOCCO. The maximum Gasteiger partial charge on any atom is 0.294 e. The van der Waals surface area contributed by atoms with Gasteiger partial charge in [-0.25, -0.2) is 0 Å². The molecule has 1 aromatic rings. The molecule has 174 valence electrons. The Morgan fingerprint density at radius 1 is 0.767 bits per heavy atom. The molecule has 0 aromatic heterocycles. The van der Waals surface area contributed by atoms with Crippen LogP contribution in [0.3, 0.4) is 0 Å². The molecule has 0 aliphatic carbocycles. The lowest BCUT2D eigenvalue weighted by Gasteiger charge is -2.06. The quantitative estimate of drug-likeness (QED) is 0.114. The average molecular weight is 455 g/mol. The van der Waals surface area contributed by atoms with Crippen LogP contribution < -0.4 is 4.91 Å². The molecule has 5 N–H and O–H groups in total. The van der Waals surface area contributed by atoms with Gasteiger partial charge in [0.05, 0.1) is 71.0 Å². The van der Waals surface area contributed by atoms with Gasteiger partial charge in [0.1, 0.15) is 11.1 Å². The molecule has 0 bridgehead atoms. The molecule has 0 saturated heterocycles. The van der Waals surface area contributed by atoms with Crippen molar-refractivity contribution in [3.05, 3.63) is 29.8 Å². The number of benzene rings is 1. The fourth-order valence-electron chi connectivity index (χ4n) is 1.60. The number of aliphatic hydroxyl groups is 2. The summed E-state index contributed by atoms with van der Waals surface area (Å²) in [5.74, 6) is 0. The molecule has 0 radical (unpaired) electrons. The predicted molar refractivity (Wildman–Crippen MR) is 106 cm³/mol. The van der Waals surface area contributed by atoms with Crippen molar-refractivity contribution in [1.29, 1.82) is 11.1 Å². The van der Waals surface area contributed by atoms with E-state index in [-0.39, 0.29) is 18.1 Å². The summed E-state index contributed by atoms with van der Waals surface area (Å²) in [6.45, 7) is 5.63. The predicted octanol–water partition coefficient (Wildman–Crippen LogP) is 0.395. The zero-order chi connectivity index (χ0) is 23.1. The van der Waals surface area contributed by atoms with Crippen LogP contribution in [0, 0.1) is 18.0 Å². The van der Waals surface area contributed by atoms with Crippen LogP contribution in [0.15, 0.2) is 29.2 Å². The van der Waals surface area contributed by atoms with E-state index in [0.29, 0.717) is 52.9 Å². The molecule has 0 aliphatic rings. The Morgan fingerprint density at radius 2 is 1.07 bits per heavy atom. The standard InChI is InChI=1S/C10H22O6.C7H8O3S.H2N3/c11-1-3-13-5-7-15-9-10-16-8-6-14-4-2-12;1-6-2-4-7(5-3-6)11(8,9)10;1-3-2/h11-12H,1-10H2;2-5H,1H3,(H,8,9,10);1-2H/q;;+1. The second-order valence-corrected chi connectivity index (χ2v) is 6.72. The van der Waals surface area contributed by atoms with Crippen molar-refractivity contribution in [2.45, 2.75) is 11.8 Å². The van der Waals surface area contributed by atoms with E-state index >= 15 is 0 Å². The first-order valence-electron chi connectivity index (χ1n) is 8.93. The topological polar surface area (TPSA) is 194 Å². The minimum atomic E-state index is -4.02. The van der Waals surface area contributed by atoms with Crippen LogP contribution in [0.4, 0.5) is 0 Å². The summed E-state index contributed by atoms with van der Waals surface area (Å²) < 4.78 is 49.9. The third kappa shape index (κ3) is 22.5. The molecule has 0 spiro atoms. The van der Waals surface area contributed by atoms with E-state index in [1.54, 1.807) is 12.1 Å². The Hall–Kier alpha value is -1.80. The van der Waals surface area contributed by atoms with Crippen LogP contribution in [-0.4, -0.2) is 89.3 Å². The molecule has 1 rings (SSSR count). The van der Waals surface area contributed by atoms with E-state index in [0.717, 1.165) is 5.56 Å². The van der Waals surface area contributed by atoms with Crippen LogP contribution in [0.1, 0.15) is 5.56 Å². The molecule has 0 amide bonds. The summed E-state index contributed by atoms with van der Waals surface area (Å²) in [5, 5.41) is 16.8. The molecule has 0 saturated carbocycles. The Morgan fingerprint density at radius 3 is 1.33 bits per heavy atom. The normalized spacial score (nSPS) is 10.3. The van der Waals surface area contributed by atoms with Gasteiger partial charge in [-0.1, -0.05) is 17.7 Å². The van der Waals surface area contributed by atoms with Crippen molar-refractivity contribution in [2.24, 2.45) is 0 Å². The molecule has 12 nitrogen and oxygen atoms in total. The number of rotatable bonds is 14. The van der Waals surface area contributed by atoms with Crippen molar-refractivity contribution < 1.29 is 42.1 Å². The van der Waals surface area contributed by atoms with E-state index in [1.807, 2.05) is 11.8 Å². The van der Waals surface area contributed by atoms with Gasteiger partial charge < -0.3 is 29.2 Å². The van der Waals surface area contributed by atoms with Crippen LogP contribution in [0.2, 0.25) is 0 Å². The lowest BCUT2D eigenvalue weighted by Crippen LogP contribution is -2.13. The number of nitrogens with zero attached hydrogens (tertiary/aromatic N) is 1. The fraction of sp³-hybridized carbons (Fsp3) is 0.647. The van der Waals surface area contributed by atoms with Gasteiger partial charge in [-0.15, -0.1) is 0 Å². The highest BCUT2D eigenvalue weighted by Gasteiger charge is 2.06. The third-order valence-electron chi connectivity index (χ3n) is 2.91. The highest BCUT2D eigenvalue weighted by molar-refractivity contribution is 7.85. The summed E-state index contributed by atoms with van der Waals surface area (Å²) in [6.07, 6.45) is 0. The molecule has 1 aromatic carbocycles. The summed E-state index contributed by atoms with van der Waals surface area (Å²) in [7, 11) is -4.02. The second kappa shape index (κ2) is 21.9. The van der Waals surface area contributed by atoms with Crippen molar-refractivity contribution in [3.8, 4) is 0 Å². The molecule has 0 atom stereocenters. The number of aryl methyl sites for hydroxylation is 1. The summed E-state index contributed by atoms with van der Waals surface area (Å²) in [4.78, 5) is 1.93. The summed E-state index contributed by atoms with van der Waals surface area (Å²) in [6, 6.07) is 5.99. The number of nitrogens with one attached hydrogen (secondary N) is 2.